The zero-order valence-electron chi connectivity index (χ0n) is 9.15. The van der Waals surface area contributed by atoms with E-state index >= 15 is 0 Å². The Morgan fingerprint density at radius 3 is 2.89 bits per heavy atom. The Morgan fingerprint density at radius 2 is 2.17 bits per heavy atom. The van der Waals surface area contributed by atoms with E-state index in [2.05, 4.69) is 10.3 Å². The molecule has 0 spiro atoms. The van der Waals surface area contributed by atoms with Crippen LogP contribution in [-0.4, -0.2) is 10.9 Å². The lowest BCUT2D eigenvalue weighted by molar-refractivity contribution is 0.102. The van der Waals surface area contributed by atoms with Crippen molar-refractivity contribution in [3.05, 3.63) is 52.9 Å². The third-order valence-electron chi connectivity index (χ3n) is 2.25. The maximum absolute atomic E-state index is 13.0. The monoisotopic (exact) mass is 265 g/mol. The van der Waals surface area contributed by atoms with Gasteiger partial charge in [-0.25, -0.2) is 9.37 Å². The van der Waals surface area contributed by atoms with E-state index in [0.29, 0.717) is 5.02 Å². The zero-order valence-corrected chi connectivity index (χ0v) is 9.91. The Kier molecular flexibility index (Phi) is 3.43. The number of nitrogen functional groups attached to an aromatic ring is 1. The summed E-state index contributed by atoms with van der Waals surface area (Å²) in [6.07, 6.45) is 1.48. The van der Waals surface area contributed by atoms with Crippen LogP contribution in [0.4, 0.5) is 15.9 Å². The smallest absolute Gasteiger partial charge is 0.259 e. The van der Waals surface area contributed by atoms with Crippen molar-refractivity contribution in [1.29, 1.82) is 0 Å². The number of pyridine rings is 1. The highest BCUT2D eigenvalue weighted by Crippen LogP contribution is 2.20. The van der Waals surface area contributed by atoms with Gasteiger partial charge in [0.25, 0.3) is 5.91 Å². The quantitative estimate of drug-likeness (QED) is 0.821. The Morgan fingerprint density at radius 1 is 1.39 bits per heavy atom. The van der Waals surface area contributed by atoms with Crippen molar-refractivity contribution in [3.8, 4) is 0 Å². The van der Waals surface area contributed by atoms with Gasteiger partial charge in [0.2, 0.25) is 0 Å². The molecule has 0 aliphatic carbocycles. The third-order valence-corrected chi connectivity index (χ3v) is 2.56. The molecule has 0 fully saturated rings. The van der Waals surface area contributed by atoms with Gasteiger partial charge in [-0.1, -0.05) is 11.6 Å². The van der Waals surface area contributed by atoms with Gasteiger partial charge in [-0.3, -0.25) is 4.79 Å². The number of nitrogens with two attached hydrogens (primary N) is 1. The molecule has 3 N–H and O–H groups in total. The number of aromatic nitrogens is 1. The zero-order chi connectivity index (χ0) is 13.1. The molecule has 1 aromatic heterocycles. The number of carbonyl (C=O) groups excluding carboxylic acids is 1. The summed E-state index contributed by atoms with van der Waals surface area (Å²) >= 11 is 5.84. The summed E-state index contributed by atoms with van der Waals surface area (Å²) < 4.78 is 13.0. The summed E-state index contributed by atoms with van der Waals surface area (Å²) in [6, 6.07) is 6.78. The predicted molar refractivity (Wildman–Crippen MR) is 68.0 cm³/mol. The van der Waals surface area contributed by atoms with Crippen molar-refractivity contribution in [2.75, 3.05) is 11.1 Å². The van der Waals surface area contributed by atoms with Gasteiger partial charge in [0.1, 0.15) is 5.82 Å². The standard InChI is InChI=1S/C12H9ClFN3O/c13-9-2-1-5-16-11(9)17-12(18)8-6-7(14)3-4-10(8)15/h1-6H,15H2,(H,16,17,18). The van der Waals surface area contributed by atoms with Crippen molar-refractivity contribution >= 4 is 29.0 Å². The maximum atomic E-state index is 13.0. The highest BCUT2D eigenvalue weighted by molar-refractivity contribution is 6.33. The second kappa shape index (κ2) is 5.01. The first-order valence-corrected chi connectivity index (χ1v) is 5.42. The van der Waals surface area contributed by atoms with E-state index < -0.39 is 11.7 Å². The molecule has 4 nitrogen and oxygen atoms in total. The molecule has 0 radical (unpaired) electrons. The van der Waals surface area contributed by atoms with Gasteiger partial charge < -0.3 is 11.1 Å². The van der Waals surface area contributed by atoms with Crippen molar-refractivity contribution in [2.45, 2.75) is 0 Å². The Balaban J connectivity index is 2.28. The second-order valence-corrected chi connectivity index (χ2v) is 3.93. The predicted octanol–water partition coefficient (Wildman–Crippen LogP) is 2.71. The number of halogens is 2. The average Bonchev–Trinajstić information content (AvgIpc) is 2.35. The van der Waals surface area contributed by atoms with Crippen LogP contribution >= 0.6 is 11.6 Å². The summed E-state index contributed by atoms with van der Waals surface area (Å²) in [5, 5.41) is 2.76. The molecule has 0 atom stereocenters. The van der Waals surface area contributed by atoms with Crippen molar-refractivity contribution in [3.63, 3.8) is 0 Å². The van der Waals surface area contributed by atoms with E-state index in [0.717, 1.165) is 6.07 Å². The molecule has 6 heteroatoms. The van der Waals surface area contributed by atoms with Crippen LogP contribution in [0, 0.1) is 5.82 Å². The third kappa shape index (κ3) is 2.57. The summed E-state index contributed by atoms with van der Waals surface area (Å²) in [5.41, 5.74) is 5.82. The number of nitrogens with one attached hydrogen (secondary N) is 1. The molecular formula is C12H9ClFN3O. The Hall–Kier alpha value is -2.14. The number of anilines is 2. The number of hydrogen-bond acceptors (Lipinski definition) is 3. The number of rotatable bonds is 2. The minimum atomic E-state index is -0.562. The van der Waals surface area contributed by atoms with Gasteiger partial charge in [0, 0.05) is 11.9 Å². The topological polar surface area (TPSA) is 68.0 Å². The minimum absolute atomic E-state index is 0.0386. The highest BCUT2D eigenvalue weighted by Gasteiger charge is 2.13. The van der Waals surface area contributed by atoms with Gasteiger partial charge in [0.05, 0.1) is 10.6 Å². The SMILES string of the molecule is Nc1ccc(F)cc1C(=O)Nc1ncccc1Cl. The molecule has 0 aliphatic heterocycles. The largest absolute Gasteiger partial charge is 0.398 e. The van der Waals surface area contributed by atoms with E-state index in [4.69, 9.17) is 17.3 Å². The molecule has 1 amide bonds. The fraction of sp³-hybridized carbons (Fsp3) is 0. The van der Waals surface area contributed by atoms with Crippen LogP contribution < -0.4 is 11.1 Å². The van der Waals surface area contributed by atoms with Gasteiger partial charge in [-0.15, -0.1) is 0 Å². The number of carbonyl (C=O) groups is 1. The van der Waals surface area contributed by atoms with Crippen molar-refractivity contribution in [2.24, 2.45) is 0 Å². The van der Waals surface area contributed by atoms with E-state index in [1.165, 1.54) is 18.3 Å². The van der Waals surface area contributed by atoms with E-state index in [-0.39, 0.29) is 17.1 Å². The lowest BCUT2D eigenvalue weighted by Gasteiger charge is -2.07. The molecule has 18 heavy (non-hydrogen) atoms. The molecule has 1 aromatic carbocycles. The first-order valence-electron chi connectivity index (χ1n) is 5.05. The normalized spacial score (nSPS) is 10.1. The average molecular weight is 266 g/mol. The van der Waals surface area contributed by atoms with Gasteiger partial charge >= 0.3 is 0 Å². The molecule has 0 saturated heterocycles. The van der Waals surface area contributed by atoms with Gasteiger partial charge in [-0.05, 0) is 30.3 Å². The van der Waals surface area contributed by atoms with Crippen molar-refractivity contribution < 1.29 is 9.18 Å². The van der Waals surface area contributed by atoms with Crippen LogP contribution in [-0.2, 0) is 0 Å². The van der Waals surface area contributed by atoms with Gasteiger partial charge in [0.15, 0.2) is 5.82 Å². The summed E-state index contributed by atoms with van der Waals surface area (Å²) in [6.45, 7) is 0. The molecule has 0 bridgehead atoms. The second-order valence-electron chi connectivity index (χ2n) is 3.52. The lowest BCUT2D eigenvalue weighted by atomic mass is 10.1. The molecule has 0 aliphatic rings. The lowest BCUT2D eigenvalue weighted by Crippen LogP contribution is -2.15. The van der Waals surface area contributed by atoms with Gasteiger partial charge in [-0.2, -0.15) is 0 Å². The molecule has 2 aromatic rings. The highest BCUT2D eigenvalue weighted by atomic mass is 35.5. The van der Waals surface area contributed by atoms with Crippen molar-refractivity contribution in [1.82, 2.24) is 4.98 Å². The number of nitrogens with zero attached hydrogens (tertiary/aromatic N) is 1. The summed E-state index contributed by atoms with van der Waals surface area (Å²) in [5.74, 6) is -0.901. The van der Waals surface area contributed by atoms with E-state index in [1.807, 2.05) is 0 Å². The fourth-order valence-corrected chi connectivity index (χ4v) is 1.55. The molecule has 0 saturated carbocycles. The molecule has 92 valence electrons. The van der Waals surface area contributed by atoms with Crippen LogP contribution in [0.2, 0.25) is 5.02 Å². The van der Waals surface area contributed by atoms with Crippen LogP contribution in [0.1, 0.15) is 10.4 Å². The first kappa shape index (κ1) is 12.3. The molecule has 1 heterocycles. The number of hydrogen-bond donors (Lipinski definition) is 2. The van der Waals surface area contributed by atoms with Crippen LogP contribution in [0.15, 0.2) is 36.5 Å². The molecular weight excluding hydrogens is 257 g/mol. The Bertz CT molecular complexity index is 604. The maximum Gasteiger partial charge on any atom is 0.259 e. The van der Waals surface area contributed by atoms with Crippen LogP contribution in [0.25, 0.3) is 0 Å². The number of amides is 1. The van der Waals surface area contributed by atoms with Crippen LogP contribution in [0.5, 0.6) is 0 Å². The number of benzene rings is 1. The summed E-state index contributed by atoms with van der Waals surface area (Å²) in [7, 11) is 0. The first-order chi connectivity index (χ1) is 8.58. The Labute approximate surface area is 108 Å². The fourth-order valence-electron chi connectivity index (χ4n) is 1.38. The minimum Gasteiger partial charge on any atom is -0.398 e. The molecule has 2 rings (SSSR count). The summed E-state index contributed by atoms with van der Waals surface area (Å²) in [4.78, 5) is 15.8. The molecule has 0 unspecified atom stereocenters. The van der Waals surface area contributed by atoms with E-state index in [1.54, 1.807) is 12.1 Å². The van der Waals surface area contributed by atoms with Crippen LogP contribution in [0.3, 0.4) is 0 Å². The van der Waals surface area contributed by atoms with E-state index in [9.17, 15) is 9.18 Å².